The molecule has 1 aromatic rings. The van der Waals surface area contributed by atoms with Gasteiger partial charge >= 0.3 is 0 Å². The summed E-state index contributed by atoms with van der Waals surface area (Å²) in [6.07, 6.45) is 6.25. The molecule has 2 rings (SSSR count). The van der Waals surface area contributed by atoms with Crippen LogP contribution in [0.1, 0.15) is 44.8 Å². The van der Waals surface area contributed by atoms with E-state index in [1.165, 1.54) is 0 Å². The zero-order chi connectivity index (χ0) is 13.0. The number of carbonyl (C=O) groups excluding carboxylic acids is 1. The second-order valence-corrected chi connectivity index (χ2v) is 4.59. The molecule has 100 valence electrons. The molecule has 0 bridgehead atoms. The number of aryl methyl sites for hydroxylation is 1. The van der Waals surface area contributed by atoms with Crippen LogP contribution in [0.25, 0.3) is 0 Å². The third kappa shape index (κ3) is 2.90. The third-order valence-corrected chi connectivity index (χ3v) is 3.30. The molecule has 5 heteroatoms. The van der Waals surface area contributed by atoms with Crippen molar-refractivity contribution in [1.29, 1.82) is 0 Å². The lowest BCUT2D eigenvalue weighted by Gasteiger charge is -2.31. The van der Waals surface area contributed by atoms with E-state index < -0.39 is 0 Å². The number of nitrogens with one attached hydrogen (secondary N) is 1. The predicted octanol–water partition coefficient (Wildman–Crippen LogP) is 1.65. The first-order valence-electron chi connectivity index (χ1n) is 6.68. The maximum atomic E-state index is 11.5. The van der Waals surface area contributed by atoms with Gasteiger partial charge in [0.25, 0.3) is 0 Å². The fourth-order valence-corrected chi connectivity index (χ4v) is 2.27. The second-order valence-electron chi connectivity index (χ2n) is 4.59. The first kappa shape index (κ1) is 13.1. The lowest BCUT2D eigenvalue weighted by Crippen LogP contribution is -2.42. The third-order valence-electron chi connectivity index (χ3n) is 3.30. The van der Waals surface area contributed by atoms with Crippen LogP contribution in [-0.4, -0.2) is 28.3 Å². The maximum absolute atomic E-state index is 11.5. The molecule has 0 radical (unpaired) electrons. The number of hydrogen-bond acceptors (Lipinski definition) is 3. The molecule has 1 amide bonds. The van der Waals surface area contributed by atoms with Crippen molar-refractivity contribution >= 4 is 5.91 Å². The molecule has 1 N–H and O–H groups in total. The summed E-state index contributed by atoms with van der Waals surface area (Å²) in [6.45, 7) is 5.51. The van der Waals surface area contributed by atoms with E-state index in [-0.39, 0.29) is 18.1 Å². The van der Waals surface area contributed by atoms with Gasteiger partial charge < -0.3 is 10.1 Å². The standard InChI is InChI=1S/C13H21N3O2/c1-3-12(17)15-11-6-5-7-18-13(11)10-8-14-16(4-2)9-10/h8-9,11,13H,3-7H2,1-2H3,(H,15,17)/t11-,13+/m0/s1. The van der Waals surface area contributed by atoms with Crippen LogP contribution in [-0.2, 0) is 16.1 Å². The number of carbonyl (C=O) groups is 1. The maximum Gasteiger partial charge on any atom is 0.220 e. The lowest BCUT2D eigenvalue weighted by molar-refractivity contribution is -0.123. The molecule has 0 spiro atoms. The molecule has 1 aliphatic rings. The smallest absolute Gasteiger partial charge is 0.220 e. The van der Waals surface area contributed by atoms with E-state index >= 15 is 0 Å². The van der Waals surface area contributed by atoms with Gasteiger partial charge in [0, 0.05) is 31.3 Å². The molecule has 1 fully saturated rings. The average molecular weight is 251 g/mol. The molecular weight excluding hydrogens is 230 g/mol. The van der Waals surface area contributed by atoms with Crippen molar-refractivity contribution in [2.45, 2.75) is 51.8 Å². The molecule has 0 unspecified atom stereocenters. The minimum absolute atomic E-state index is 0.0606. The summed E-state index contributed by atoms with van der Waals surface area (Å²) in [5.41, 5.74) is 1.05. The molecule has 1 aliphatic heterocycles. The molecule has 2 heterocycles. The summed E-state index contributed by atoms with van der Waals surface area (Å²) < 4.78 is 7.69. The fourth-order valence-electron chi connectivity index (χ4n) is 2.27. The van der Waals surface area contributed by atoms with Crippen LogP contribution < -0.4 is 5.32 Å². The van der Waals surface area contributed by atoms with Gasteiger partial charge in [0.1, 0.15) is 6.10 Å². The molecule has 1 aromatic heterocycles. The van der Waals surface area contributed by atoms with Gasteiger partial charge in [0.2, 0.25) is 5.91 Å². The quantitative estimate of drug-likeness (QED) is 0.885. The van der Waals surface area contributed by atoms with Gasteiger partial charge in [-0.15, -0.1) is 0 Å². The molecule has 0 aliphatic carbocycles. The Morgan fingerprint density at radius 2 is 2.44 bits per heavy atom. The van der Waals surface area contributed by atoms with Gasteiger partial charge in [-0.2, -0.15) is 5.10 Å². The van der Waals surface area contributed by atoms with Gasteiger partial charge in [-0.25, -0.2) is 0 Å². The van der Waals surface area contributed by atoms with Crippen molar-refractivity contribution in [3.8, 4) is 0 Å². The highest BCUT2D eigenvalue weighted by Gasteiger charge is 2.29. The molecule has 2 atom stereocenters. The van der Waals surface area contributed by atoms with Gasteiger partial charge in [0.05, 0.1) is 12.2 Å². The van der Waals surface area contributed by atoms with Gasteiger partial charge in [-0.1, -0.05) is 6.92 Å². The van der Waals surface area contributed by atoms with Crippen LogP contribution >= 0.6 is 0 Å². The lowest BCUT2D eigenvalue weighted by atomic mass is 9.98. The Morgan fingerprint density at radius 3 is 3.11 bits per heavy atom. The number of rotatable bonds is 4. The van der Waals surface area contributed by atoms with E-state index in [9.17, 15) is 4.79 Å². The highest BCUT2D eigenvalue weighted by atomic mass is 16.5. The monoisotopic (exact) mass is 251 g/mol. The van der Waals surface area contributed by atoms with E-state index in [4.69, 9.17) is 4.74 Å². The van der Waals surface area contributed by atoms with Crippen molar-refractivity contribution in [3.63, 3.8) is 0 Å². The van der Waals surface area contributed by atoms with Gasteiger partial charge in [0.15, 0.2) is 0 Å². The van der Waals surface area contributed by atoms with Gasteiger partial charge in [-0.05, 0) is 19.8 Å². The van der Waals surface area contributed by atoms with E-state index in [1.807, 2.05) is 24.0 Å². The number of hydrogen-bond donors (Lipinski definition) is 1. The van der Waals surface area contributed by atoms with Crippen LogP contribution in [0.15, 0.2) is 12.4 Å². The normalized spacial score (nSPS) is 23.9. The van der Waals surface area contributed by atoms with Crippen molar-refractivity contribution in [3.05, 3.63) is 18.0 Å². The first-order chi connectivity index (χ1) is 8.74. The summed E-state index contributed by atoms with van der Waals surface area (Å²) in [7, 11) is 0. The molecule has 18 heavy (non-hydrogen) atoms. The highest BCUT2D eigenvalue weighted by molar-refractivity contribution is 5.75. The summed E-state index contributed by atoms with van der Waals surface area (Å²) in [5, 5.41) is 7.31. The first-order valence-corrected chi connectivity index (χ1v) is 6.68. The van der Waals surface area contributed by atoms with Crippen molar-refractivity contribution in [2.75, 3.05) is 6.61 Å². The number of nitrogens with zero attached hydrogens (tertiary/aromatic N) is 2. The van der Waals surface area contributed by atoms with Crippen LogP contribution in [0.5, 0.6) is 0 Å². The minimum Gasteiger partial charge on any atom is -0.371 e. The average Bonchev–Trinajstić information content (AvgIpc) is 2.88. The van der Waals surface area contributed by atoms with E-state index in [0.29, 0.717) is 6.42 Å². The molecule has 0 saturated carbocycles. The van der Waals surface area contributed by atoms with Crippen LogP contribution in [0, 0.1) is 0 Å². The minimum atomic E-state index is -0.0606. The van der Waals surface area contributed by atoms with Gasteiger partial charge in [-0.3, -0.25) is 9.48 Å². The predicted molar refractivity (Wildman–Crippen MR) is 68.0 cm³/mol. The Balaban J connectivity index is 2.09. The SMILES string of the molecule is CCC(=O)N[C@H]1CCCO[C@@H]1c1cnn(CC)c1. The number of ether oxygens (including phenoxy) is 1. The zero-order valence-corrected chi connectivity index (χ0v) is 11.1. The highest BCUT2D eigenvalue weighted by Crippen LogP contribution is 2.28. The van der Waals surface area contributed by atoms with Crippen LogP contribution in [0.3, 0.4) is 0 Å². The summed E-state index contributed by atoms with van der Waals surface area (Å²) in [5.74, 6) is 0.0818. The molecular formula is C13H21N3O2. The second kappa shape index (κ2) is 6.00. The number of amides is 1. The fraction of sp³-hybridized carbons (Fsp3) is 0.692. The Hall–Kier alpha value is -1.36. The molecule has 5 nitrogen and oxygen atoms in total. The van der Waals surface area contributed by atoms with Crippen molar-refractivity contribution in [1.82, 2.24) is 15.1 Å². The van der Waals surface area contributed by atoms with Crippen molar-refractivity contribution < 1.29 is 9.53 Å². The van der Waals surface area contributed by atoms with E-state index in [1.54, 1.807) is 0 Å². The topological polar surface area (TPSA) is 56.1 Å². The zero-order valence-electron chi connectivity index (χ0n) is 11.1. The summed E-state index contributed by atoms with van der Waals surface area (Å²) in [6, 6.07) is 0.0701. The molecule has 0 aromatic carbocycles. The number of aromatic nitrogens is 2. The Morgan fingerprint density at radius 1 is 1.61 bits per heavy atom. The Labute approximate surface area is 108 Å². The summed E-state index contributed by atoms with van der Waals surface area (Å²) in [4.78, 5) is 11.5. The Bertz CT molecular complexity index is 403. The molecule has 1 saturated heterocycles. The Kier molecular flexibility index (Phi) is 4.36. The summed E-state index contributed by atoms with van der Waals surface area (Å²) >= 11 is 0. The largest absolute Gasteiger partial charge is 0.371 e. The van der Waals surface area contributed by atoms with E-state index in [0.717, 1.165) is 31.6 Å². The van der Waals surface area contributed by atoms with Crippen LogP contribution in [0.4, 0.5) is 0 Å². The van der Waals surface area contributed by atoms with Crippen molar-refractivity contribution in [2.24, 2.45) is 0 Å². The van der Waals surface area contributed by atoms with E-state index in [2.05, 4.69) is 17.3 Å². The van der Waals surface area contributed by atoms with Crippen LogP contribution in [0.2, 0.25) is 0 Å².